The molecule has 1 saturated carbocycles. The molecule has 0 atom stereocenters. The van der Waals surface area contributed by atoms with Crippen molar-refractivity contribution in [2.24, 2.45) is 0 Å². The highest BCUT2D eigenvalue weighted by atomic mass is 35.5. The summed E-state index contributed by atoms with van der Waals surface area (Å²) >= 11 is 17.7. The summed E-state index contributed by atoms with van der Waals surface area (Å²) in [6.07, 6.45) is 5.40. The van der Waals surface area contributed by atoms with E-state index >= 15 is 0 Å². The molecule has 0 radical (unpaired) electrons. The number of amides is 1. The highest BCUT2D eigenvalue weighted by Crippen LogP contribution is 2.34. The fourth-order valence-corrected chi connectivity index (χ4v) is 3.25. The van der Waals surface area contributed by atoms with E-state index in [1.54, 1.807) is 0 Å². The van der Waals surface area contributed by atoms with Gasteiger partial charge in [-0.1, -0.05) is 60.5 Å². The molecule has 2 rings (SSSR count). The zero-order valence-electron chi connectivity index (χ0n) is 12.5. The Kier molecular flexibility index (Phi) is 6.41. The summed E-state index contributed by atoms with van der Waals surface area (Å²) < 4.78 is 5.40. The third-order valence-electron chi connectivity index (χ3n) is 3.88. The number of hydrogen-bond acceptors (Lipinski definition) is 3. The summed E-state index contributed by atoms with van der Waals surface area (Å²) in [6.45, 7) is -0.235. The third kappa shape index (κ3) is 4.91. The number of nitrogens with zero attached hydrogens (tertiary/aromatic N) is 1. The highest BCUT2D eigenvalue weighted by molar-refractivity contribution is 6.43. The van der Waals surface area contributed by atoms with Crippen molar-refractivity contribution < 1.29 is 9.53 Å². The number of carbonyl (C=O) groups excluding carboxylic acids is 1. The van der Waals surface area contributed by atoms with Gasteiger partial charge in [0.1, 0.15) is 11.3 Å². The molecule has 0 aromatic heterocycles. The predicted octanol–water partition coefficient (Wildman–Crippen LogP) is 4.76. The average molecular weight is 376 g/mol. The summed E-state index contributed by atoms with van der Waals surface area (Å²) in [5.41, 5.74) is -0.793. The molecule has 1 amide bonds. The Bertz CT molecular complexity index is 620. The lowest BCUT2D eigenvalue weighted by Gasteiger charge is -2.26. The van der Waals surface area contributed by atoms with Crippen LogP contribution >= 0.6 is 34.8 Å². The van der Waals surface area contributed by atoms with Crippen LogP contribution in [0.15, 0.2) is 12.1 Å². The zero-order valence-corrected chi connectivity index (χ0v) is 14.8. The standard InChI is InChI=1S/C16H17Cl3N2O2/c17-11-7-13(19)14(8-12(11)18)23-9-15(22)21-16(10-20)5-3-1-2-4-6-16/h7-8H,1-6,9H2,(H,21,22). The molecule has 1 N–H and O–H groups in total. The minimum Gasteiger partial charge on any atom is -0.482 e. The fraction of sp³-hybridized carbons (Fsp3) is 0.500. The number of nitrogens with one attached hydrogen (secondary N) is 1. The summed E-state index contributed by atoms with van der Waals surface area (Å²) in [5, 5.41) is 13.1. The molecule has 1 fully saturated rings. The number of halogens is 3. The summed E-state index contributed by atoms with van der Waals surface area (Å²) in [5.74, 6) is -0.0707. The first kappa shape index (κ1) is 18.2. The van der Waals surface area contributed by atoms with Crippen molar-refractivity contribution in [1.82, 2.24) is 5.32 Å². The van der Waals surface area contributed by atoms with E-state index in [-0.39, 0.29) is 23.3 Å². The third-order valence-corrected chi connectivity index (χ3v) is 4.90. The van der Waals surface area contributed by atoms with E-state index in [4.69, 9.17) is 39.5 Å². The van der Waals surface area contributed by atoms with Crippen LogP contribution in [0.5, 0.6) is 5.75 Å². The highest BCUT2D eigenvalue weighted by Gasteiger charge is 2.32. The second-order valence-electron chi connectivity index (χ2n) is 5.64. The van der Waals surface area contributed by atoms with Crippen molar-refractivity contribution in [3.63, 3.8) is 0 Å². The van der Waals surface area contributed by atoms with E-state index < -0.39 is 5.54 Å². The molecule has 124 valence electrons. The number of ether oxygens (including phenoxy) is 1. The molecular formula is C16H17Cl3N2O2. The van der Waals surface area contributed by atoms with Crippen molar-refractivity contribution in [2.75, 3.05) is 6.61 Å². The number of benzene rings is 1. The maximum Gasteiger partial charge on any atom is 0.259 e. The van der Waals surface area contributed by atoms with Gasteiger partial charge in [-0.15, -0.1) is 0 Å². The van der Waals surface area contributed by atoms with Crippen LogP contribution in [0.25, 0.3) is 0 Å². The molecule has 0 spiro atoms. The van der Waals surface area contributed by atoms with Gasteiger partial charge in [0, 0.05) is 6.07 Å². The Labute approximate surface area is 150 Å². The maximum absolute atomic E-state index is 12.1. The number of nitriles is 1. The molecule has 0 heterocycles. The second-order valence-corrected chi connectivity index (χ2v) is 6.86. The Balaban J connectivity index is 1.97. The van der Waals surface area contributed by atoms with Gasteiger partial charge in [0.2, 0.25) is 0 Å². The van der Waals surface area contributed by atoms with E-state index in [2.05, 4.69) is 11.4 Å². The lowest BCUT2D eigenvalue weighted by Crippen LogP contribution is -2.48. The first-order chi connectivity index (χ1) is 11.0. The SMILES string of the molecule is N#CC1(NC(=O)COc2cc(Cl)c(Cl)cc2Cl)CCCCCC1. The van der Waals surface area contributed by atoms with Gasteiger partial charge in [0.25, 0.3) is 5.91 Å². The van der Waals surface area contributed by atoms with Crippen LogP contribution in [0.1, 0.15) is 38.5 Å². The van der Waals surface area contributed by atoms with Gasteiger partial charge in [0.15, 0.2) is 6.61 Å². The van der Waals surface area contributed by atoms with Crippen LogP contribution in [0.2, 0.25) is 15.1 Å². The van der Waals surface area contributed by atoms with Crippen molar-refractivity contribution in [3.8, 4) is 11.8 Å². The van der Waals surface area contributed by atoms with Crippen LogP contribution < -0.4 is 10.1 Å². The minimum absolute atomic E-state index is 0.235. The van der Waals surface area contributed by atoms with Gasteiger partial charge in [0.05, 0.1) is 21.1 Å². The Morgan fingerprint density at radius 2 is 1.74 bits per heavy atom. The summed E-state index contributed by atoms with van der Waals surface area (Å²) in [7, 11) is 0. The smallest absolute Gasteiger partial charge is 0.259 e. The van der Waals surface area contributed by atoms with Crippen molar-refractivity contribution in [2.45, 2.75) is 44.1 Å². The van der Waals surface area contributed by atoms with E-state index in [0.29, 0.717) is 22.9 Å². The molecule has 0 bridgehead atoms. The molecule has 1 aliphatic carbocycles. The number of hydrogen-bond donors (Lipinski definition) is 1. The van der Waals surface area contributed by atoms with E-state index in [9.17, 15) is 10.1 Å². The lowest BCUT2D eigenvalue weighted by atomic mass is 9.92. The minimum atomic E-state index is -0.793. The normalized spacial score (nSPS) is 17.0. The predicted molar refractivity (Wildman–Crippen MR) is 91.2 cm³/mol. The van der Waals surface area contributed by atoms with E-state index in [0.717, 1.165) is 25.7 Å². The quantitative estimate of drug-likeness (QED) is 0.609. The first-order valence-electron chi connectivity index (χ1n) is 7.45. The van der Waals surface area contributed by atoms with Crippen molar-refractivity contribution >= 4 is 40.7 Å². The van der Waals surface area contributed by atoms with Gasteiger partial charge in [-0.3, -0.25) is 4.79 Å². The second kappa shape index (κ2) is 8.10. The molecule has 4 nitrogen and oxygen atoms in total. The topological polar surface area (TPSA) is 62.1 Å². The lowest BCUT2D eigenvalue weighted by molar-refractivity contribution is -0.124. The first-order valence-corrected chi connectivity index (χ1v) is 8.59. The van der Waals surface area contributed by atoms with Crippen molar-refractivity contribution in [1.29, 1.82) is 5.26 Å². The molecule has 1 aromatic carbocycles. The maximum atomic E-state index is 12.1. The van der Waals surface area contributed by atoms with Crippen LogP contribution in [0.3, 0.4) is 0 Å². The van der Waals surface area contributed by atoms with Crippen LogP contribution in [0, 0.1) is 11.3 Å². The van der Waals surface area contributed by atoms with E-state index in [1.807, 2.05) is 0 Å². The fourth-order valence-electron chi connectivity index (χ4n) is 2.66. The van der Waals surface area contributed by atoms with Gasteiger partial charge in [-0.2, -0.15) is 5.26 Å². The monoisotopic (exact) mass is 374 g/mol. The molecular weight excluding hydrogens is 359 g/mol. The van der Waals surface area contributed by atoms with E-state index in [1.165, 1.54) is 12.1 Å². The van der Waals surface area contributed by atoms with Gasteiger partial charge in [-0.25, -0.2) is 0 Å². The molecule has 7 heteroatoms. The number of carbonyl (C=O) groups is 1. The van der Waals surface area contributed by atoms with Gasteiger partial charge >= 0.3 is 0 Å². The molecule has 0 unspecified atom stereocenters. The summed E-state index contributed by atoms with van der Waals surface area (Å²) in [6, 6.07) is 5.18. The Morgan fingerprint density at radius 1 is 1.13 bits per heavy atom. The average Bonchev–Trinajstić information content (AvgIpc) is 2.75. The zero-order chi connectivity index (χ0) is 16.9. The summed E-state index contributed by atoms with van der Waals surface area (Å²) in [4.78, 5) is 12.1. The largest absolute Gasteiger partial charge is 0.482 e. The van der Waals surface area contributed by atoms with Crippen LogP contribution in [-0.4, -0.2) is 18.1 Å². The van der Waals surface area contributed by atoms with Crippen LogP contribution in [-0.2, 0) is 4.79 Å². The Hall–Kier alpha value is -1.15. The van der Waals surface area contributed by atoms with Crippen molar-refractivity contribution in [3.05, 3.63) is 27.2 Å². The molecule has 1 aromatic rings. The van der Waals surface area contributed by atoms with Gasteiger partial charge in [-0.05, 0) is 18.9 Å². The number of rotatable bonds is 4. The van der Waals surface area contributed by atoms with Crippen LogP contribution in [0.4, 0.5) is 0 Å². The van der Waals surface area contributed by atoms with Gasteiger partial charge < -0.3 is 10.1 Å². The Morgan fingerprint density at radius 3 is 2.35 bits per heavy atom. The molecule has 0 aliphatic heterocycles. The molecule has 0 saturated heterocycles. The molecule has 23 heavy (non-hydrogen) atoms. The molecule has 1 aliphatic rings.